The first-order valence-corrected chi connectivity index (χ1v) is 10.7. The van der Waals surface area contributed by atoms with Crippen molar-refractivity contribution in [1.29, 1.82) is 0 Å². The Labute approximate surface area is 189 Å². The second-order valence-electron chi connectivity index (χ2n) is 7.82. The van der Waals surface area contributed by atoms with Crippen molar-refractivity contribution in [2.75, 3.05) is 11.1 Å². The average Bonchev–Trinajstić information content (AvgIpc) is 2.86. The van der Waals surface area contributed by atoms with Crippen LogP contribution in [0.2, 0.25) is 0 Å². The molecule has 0 unspecified atom stereocenters. The summed E-state index contributed by atoms with van der Waals surface area (Å²) in [4.78, 5) is 0. The molecule has 0 heterocycles. The summed E-state index contributed by atoms with van der Waals surface area (Å²) in [5.41, 5.74) is 15.8. The SMILES string of the molecule is Nc1ccc(-c2cccc(-c3ccccc3Nc3cccc(-c4ccccc4)c3)c2)cc1. The van der Waals surface area contributed by atoms with Crippen molar-refractivity contribution in [3.05, 3.63) is 127 Å². The van der Waals surface area contributed by atoms with Crippen molar-refractivity contribution in [2.24, 2.45) is 0 Å². The van der Waals surface area contributed by atoms with E-state index in [-0.39, 0.29) is 0 Å². The Kier molecular flexibility index (Phi) is 5.42. The molecule has 0 saturated carbocycles. The highest BCUT2D eigenvalue weighted by molar-refractivity contribution is 5.84. The lowest BCUT2D eigenvalue weighted by Crippen LogP contribution is -1.94. The number of nitrogens with one attached hydrogen (secondary N) is 1. The lowest BCUT2D eigenvalue weighted by atomic mass is 9.97. The van der Waals surface area contributed by atoms with E-state index in [2.05, 4.69) is 115 Å². The molecule has 0 amide bonds. The number of nitrogen functional groups attached to an aromatic ring is 1. The van der Waals surface area contributed by atoms with E-state index >= 15 is 0 Å². The molecule has 2 nitrogen and oxygen atoms in total. The Balaban J connectivity index is 1.48. The Morgan fingerprint density at radius 1 is 0.438 bits per heavy atom. The van der Waals surface area contributed by atoms with Crippen molar-refractivity contribution < 1.29 is 0 Å². The molecule has 0 fully saturated rings. The van der Waals surface area contributed by atoms with Crippen LogP contribution in [0, 0.1) is 0 Å². The van der Waals surface area contributed by atoms with Gasteiger partial charge in [-0.25, -0.2) is 0 Å². The van der Waals surface area contributed by atoms with Crippen molar-refractivity contribution >= 4 is 17.1 Å². The number of para-hydroxylation sites is 1. The molecule has 2 heteroatoms. The average molecular weight is 413 g/mol. The second-order valence-corrected chi connectivity index (χ2v) is 7.82. The largest absolute Gasteiger partial charge is 0.399 e. The molecule has 0 aliphatic rings. The van der Waals surface area contributed by atoms with Gasteiger partial charge in [0.25, 0.3) is 0 Å². The van der Waals surface area contributed by atoms with Crippen molar-refractivity contribution in [3.63, 3.8) is 0 Å². The molecular weight excluding hydrogens is 388 g/mol. The van der Waals surface area contributed by atoms with Gasteiger partial charge in [0.1, 0.15) is 0 Å². The fraction of sp³-hybridized carbons (Fsp3) is 0. The Morgan fingerprint density at radius 3 is 1.84 bits per heavy atom. The first-order valence-electron chi connectivity index (χ1n) is 10.7. The lowest BCUT2D eigenvalue weighted by Gasteiger charge is -2.14. The van der Waals surface area contributed by atoms with E-state index in [0.29, 0.717) is 0 Å². The first kappa shape index (κ1) is 19.7. The van der Waals surface area contributed by atoms with Crippen LogP contribution in [-0.4, -0.2) is 0 Å². The van der Waals surface area contributed by atoms with Gasteiger partial charge in [-0.3, -0.25) is 0 Å². The monoisotopic (exact) mass is 412 g/mol. The Bertz CT molecular complexity index is 1340. The summed E-state index contributed by atoms with van der Waals surface area (Å²) >= 11 is 0. The van der Waals surface area contributed by atoms with Crippen LogP contribution >= 0.6 is 0 Å². The maximum Gasteiger partial charge on any atom is 0.0463 e. The lowest BCUT2D eigenvalue weighted by molar-refractivity contribution is 1.52. The molecule has 0 atom stereocenters. The summed E-state index contributed by atoms with van der Waals surface area (Å²) in [6, 6.07) is 44.0. The zero-order valence-electron chi connectivity index (χ0n) is 17.7. The zero-order valence-corrected chi connectivity index (χ0v) is 17.7. The summed E-state index contributed by atoms with van der Waals surface area (Å²) in [6.07, 6.45) is 0. The highest BCUT2D eigenvalue weighted by Crippen LogP contribution is 2.34. The molecular formula is C30H24N2. The van der Waals surface area contributed by atoms with Crippen LogP contribution in [0.5, 0.6) is 0 Å². The van der Waals surface area contributed by atoms with E-state index in [1.807, 2.05) is 18.2 Å². The molecule has 0 aliphatic heterocycles. The highest BCUT2D eigenvalue weighted by atomic mass is 14.9. The third-order valence-electron chi connectivity index (χ3n) is 5.59. The van der Waals surface area contributed by atoms with Crippen LogP contribution < -0.4 is 11.1 Å². The summed E-state index contributed by atoms with van der Waals surface area (Å²) in [7, 11) is 0. The molecule has 32 heavy (non-hydrogen) atoms. The Hall–Kier alpha value is -4.30. The first-order chi connectivity index (χ1) is 15.8. The van der Waals surface area contributed by atoms with Crippen LogP contribution in [-0.2, 0) is 0 Å². The molecule has 0 bridgehead atoms. The predicted octanol–water partition coefficient (Wildman–Crippen LogP) is 8.01. The standard InChI is InChI=1S/C30H24N2/c31-27-18-16-23(17-19-27)24-10-6-12-26(20-24)29-14-4-5-15-30(29)32-28-13-7-11-25(21-28)22-8-2-1-3-9-22/h1-21,32H,31H2. The van der Waals surface area contributed by atoms with E-state index in [9.17, 15) is 0 Å². The summed E-state index contributed by atoms with van der Waals surface area (Å²) in [6.45, 7) is 0. The van der Waals surface area contributed by atoms with Gasteiger partial charge in [0.2, 0.25) is 0 Å². The predicted molar refractivity (Wildman–Crippen MR) is 137 cm³/mol. The van der Waals surface area contributed by atoms with Gasteiger partial charge in [-0.1, -0.05) is 91.0 Å². The summed E-state index contributed by atoms with van der Waals surface area (Å²) in [5, 5.41) is 3.63. The smallest absolute Gasteiger partial charge is 0.0463 e. The molecule has 154 valence electrons. The number of nitrogens with two attached hydrogens (primary N) is 1. The zero-order chi connectivity index (χ0) is 21.8. The number of anilines is 3. The van der Waals surface area contributed by atoms with Crippen molar-refractivity contribution in [3.8, 4) is 33.4 Å². The molecule has 3 N–H and O–H groups in total. The minimum atomic E-state index is 0.775. The molecule has 5 aromatic carbocycles. The van der Waals surface area contributed by atoms with Crippen LogP contribution in [0.25, 0.3) is 33.4 Å². The van der Waals surface area contributed by atoms with Gasteiger partial charge in [0, 0.05) is 22.6 Å². The van der Waals surface area contributed by atoms with Crippen LogP contribution in [0.3, 0.4) is 0 Å². The third-order valence-corrected chi connectivity index (χ3v) is 5.59. The second kappa shape index (κ2) is 8.83. The fourth-order valence-corrected chi connectivity index (χ4v) is 3.95. The van der Waals surface area contributed by atoms with Crippen LogP contribution in [0.4, 0.5) is 17.1 Å². The van der Waals surface area contributed by atoms with Crippen LogP contribution in [0.15, 0.2) is 127 Å². The van der Waals surface area contributed by atoms with Gasteiger partial charge in [0.05, 0.1) is 0 Å². The van der Waals surface area contributed by atoms with Gasteiger partial charge >= 0.3 is 0 Å². The fourth-order valence-electron chi connectivity index (χ4n) is 3.95. The van der Waals surface area contributed by atoms with Gasteiger partial charge < -0.3 is 11.1 Å². The molecule has 0 aromatic heterocycles. The highest BCUT2D eigenvalue weighted by Gasteiger charge is 2.08. The number of hydrogen-bond acceptors (Lipinski definition) is 2. The Morgan fingerprint density at radius 2 is 1.03 bits per heavy atom. The molecule has 0 radical (unpaired) electrons. The molecule has 0 aliphatic carbocycles. The molecule has 5 rings (SSSR count). The summed E-state index contributed by atoms with van der Waals surface area (Å²) in [5.74, 6) is 0. The quantitative estimate of drug-likeness (QED) is 0.287. The van der Waals surface area contributed by atoms with Gasteiger partial charge in [-0.2, -0.15) is 0 Å². The van der Waals surface area contributed by atoms with Gasteiger partial charge in [-0.05, 0) is 64.2 Å². The third kappa shape index (κ3) is 4.26. The topological polar surface area (TPSA) is 38.0 Å². The molecule has 0 spiro atoms. The normalized spacial score (nSPS) is 10.6. The minimum absolute atomic E-state index is 0.775. The van der Waals surface area contributed by atoms with Crippen molar-refractivity contribution in [1.82, 2.24) is 0 Å². The maximum absolute atomic E-state index is 5.86. The number of hydrogen-bond donors (Lipinski definition) is 2. The van der Waals surface area contributed by atoms with E-state index in [0.717, 1.165) is 28.2 Å². The van der Waals surface area contributed by atoms with E-state index in [4.69, 9.17) is 5.73 Å². The van der Waals surface area contributed by atoms with Crippen LogP contribution in [0.1, 0.15) is 0 Å². The number of benzene rings is 5. The molecule has 5 aromatic rings. The van der Waals surface area contributed by atoms with E-state index < -0.39 is 0 Å². The van der Waals surface area contributed by atoms with Gasteiger partial charge in [-0.15, -0.1) is 0 Å². The minimum Gasteiger partial charge on any atom is -0.399 e. The van der Waals surface area contributed by atoms with E-state index in [1.165, 1.54) is 22.3 Å². The van der Waals surface area contributed by atoms with Crippen molar-refractivity contribution in [2.45, 2.75) is 0 Å². The van der Waals surface area contributed by atoms with E-state index in [1.54, 1.807) is 0 Å². The molecule has 0 saturated heterocycles. The summed E-state index contributed by atoms with van der Waals surface area (Å²) < 4.78 is 0. The van der Waals surface area contributed by atoms with Gasteiger partial charge in [0.15, 0.2) is 0 Å². The maximum atomic E-state index is 5.86. The number of rotatable bonds is 5.